The molecule has 7 heteroatoms. The standard InChI is InChI=1S/C18H19N3O3S/c1-4-9-24-13-7-5-12(6-8-13)21-16-14-11(2)15(18(22)23-3)25-17(14)20-10-19-16/h5-8,10H,4,9H2,1-3H3,(H,19,20,21). The molecule has 0 aliphatic rings. The van der Waals surface area contributed by atoms with Crippen LogP contribution in [0.25, 0.3) is 10.2 Å². The quantitative estimate of drug-likeness (QED) is 0.662. The van der Waals surface area contributed by atoms with Crippen molar-refractivity contribution in [1.29, 1.82) is 0 Å². The third-order valence-corrected chi connectivity index (χ3v) is 4.87. The van der Waals surface area contributed by atoms with Gasteiger partial charge < -0.3 is 14.8 Å². The lowest BCUT2D eigenvalue weighted by Crippen LogP contribution is -2.00. The minimum absolute atomic E-state index is 0.358. The van der Waals surface area contributed by atoms with Crippen LogP contribution in [-0.2, 0) is 4.74 Å². The van der Waals surface area contributed by atoms with E-state index < -0.39 is 0 Å². The monoisotopic (exact) mass is 357 g/mol. The molecule has 3 aromatic rings. The van der Waals surface area contributed by atoms with Gasteiger partial charge in [-0.2, -0.15) is 0 Å². The highest BCUT2D eigenvalue weighted by atomic mass is 32.1. The molecule has 0 aliphatic heterocycles. The fourth-order valence-corrected chi connectivity index (χ4v) is 3.51. The summed E-state index contributed by atoms with van der Waals surface area (Å²) in [5.74, 6) is 1.14. The fourth-order valence-electron chi connectivity index (χ4n) is 2.44. The lowest BCUT2D eigenvalue weighted by Gasteiger charge is -2.09. The molecule has 0 aliphatic carbocycles. The van der Waals surface area contributed by atoms with Gasteiger partial charge in [0.1, 0.15) is 27.6 Å². The molecule has 0 bridgehead atoms. The molecular weight excluding hydrogens is 338 g/mol. The molecule has 0 spiro atoms. The molecule has 3 rings (SSSR count). The first-order valence-corrected chi connectivity index (χ1v) is 8.78. The molecule has 130 valence electrons. The number of anilines is 2. The Bertz CT molecular complexity index is 890. The molecule has 25 heavy (non-hydrogen) atoms. The van der Waals surface area contributed by atoms with E-state index in [1.807, 2.05) is 31.2 Å². The number of aromatic nitrogens is 2. The molecule has 1 aromatic carbocycles. The van der Waals surface area contributed by atoms with E-state index in [-0.39, 0.29) is 5.97 Å². The highest BCUT2D eigenvalue weighted by molar-refractivity contribution is 7.20. The van der Waals surface area contributed by atoms with E-state index in [2.05, 4.69) is 22.2 Å². The summed E-state index contributed by atoms with van der Waals surface area (Å²) >= 11 is 1.31. The number of thiophene rings is 1. The first-order valence-electron chi connectivity index (χ1n) is 7.96. The Labute approximate surface area is 149 Å². The van der Waals surface area contributed by atoms with Gasteiger partial charge in [-0.3, -0.25) is 0 Å². The topological polar surface area (TPSA) is 73.3 Å². The third-order valence-electron chi connectivity index (χ3n) is 3.69. The molecule has 0 fully saturated rings. The molecule has 0 amide bonds. The summed E-state index contributed by atoms with van der Waals surface area (Å²) in [5.41, 5.74) is 1.70. The van der Waals surface area contributed by atoms with Gasteiger partial charge in [0.15, 0.2) is 0 Å². The van der Waals surface area contributed by atoms with Crippen molar-refractivity contribution in [2.75, 3.05) is 19.0 Å². The molecule has 6 nitrogen and oxygen atoms in total. The maximum absolute atomic E-state index is 11.9. The highest BCUT2D eigenvalue weighted by Gasteiger charge is 2.19. The van der Waals surface area contributed by atoms with Crippen LogP contribution in [0.1, 0.15) is 28.6 Å². The van der Waals surface area contributed by atoms with Gasteiger partial charge in [-0.1, -0.05) is 6.92 Å². The van der Waals surface area contributed by atoms with Crippen LogP contribution in [0, 0.1) is 6.92 Å². The molecule has 0 radical (unpaired) electrons. The maximum Gasteiger partial charge on any atom is 0.348 e. The normalized spacial score (nSPS) is 10.7. The van der Waals surface area contributed by atoms with Crippen LogP contribution in [0.2, 0.25) is 0 Å². The van der Waals surface area contributed by atoms with Crippen LogP contribution in [0.5, 0.6) is 5.75 Å². The van der Waals surface area contributed by atoms with Crippen LogP contribution >= 0.6 is 11.3 Å². The number of benzene rings is 1. The van der Waals surface area contributed by atoms with Crippen molar-refractivity contribution >= 4 is 39.0 Å². The summed E-state index contributed by atoms with van der Waals surface area (Å²) < 4.78 is 10.4. The largest absolute Gasteiger partial charge is 0.494 e. The zero-order valence-corrected chi connectivity index (χ0v) is 15.1. The van der Waals surface area contributed by atoms with Crippen LogP contribution in [0.15, 0.2) is 30.6 Å². The number of esters is 1. The Balaban J connectivity index is 1.91. The molecule has 1 N–H and O–H groups in total. The van der Waals surface area contributed by atoms with Gasteiger partial charge in [-0.15, -0.1) is 11.3 Å². The summed E-state index contributed by atoms with van der Waals surface area (Å²) in [5, 5.41) is 4.12. The number of rotatable bonds is 6. The molecule has 0 unspecified atom stereocenters. The Kier molecular flexibility index (Phi) is 5.14. The number of nitrogens with one attached hydrogen (secondary N) is 1. The second-order valence-electron chi connectivity index (χ2n) is 5.45. The summed E-state index contributed by atoms with van der Waals surface area (Å²) in [7, 11) is 1.37. The van der Waals surface area contributed by atoms with E-state index in [4.69, 9.17) is 9.47 Å². The number of aryl methyl sites for hydroxylation is 1. The predicted octanol–water partition coefficient (Wildman–Crippen LogP) is 4.32. The second-order valence-corrected chi connectivity index (χ2v) is 6.45. The lowest BCUT2D eigenvalue weighted by atomic mass is 10.2. The van der Waals surface area contributed by atoms with Crippen LogP contribution in [0.3, 0.4) is 0 Å². The maximum atomic E-state index is 11.9. The summed E-state index contributed by atoms with van der Waals surface area (Å²) in [6, 6.07) is 7.69. The van der Waals surface area contributed by atoms with E-state index in [0.717, 1.165) is 33.6 Å². The van der Waals surface area contributed by atoms with E-state index >= 15 is 0 Å². The van der Waals surface area contributed by atoms with Crippen LogP contribution in [0.4, 0.5) is 11.5 Å². The summed E-state index contributed by atoms with van der Waals surface area (Å²) in [6.45, 7) is 4.65. The van der Waals surface area contributed by atoms with Crippen LogP contribution < -0.4 is 10.1 Å². The smallest absolute Gasteiger partial charge is 0.348 e. The molecule has 2 heterocycles. The SMILES string of the molecule is CCCOc1ccc(Nc2ncnc3sc(C(=O)OC)c(C)c23)cc1. The Morgan fingerprint density at radius 1 is 1.24 bits per heavy atom. The van der Waals surface area contributed by atoms with E-state index in [9.17, 15) is 4.79 Å². The number of nitrogens with zero attached hydrogens (tertiary/aromatic N) is 2. The first-order chi connectivity index (χ1) is 12.1. The summed E-state index contributed by atoms with van der Waals surface area (Å²) in [4.78, 5) is 21.8. The molecular formula is C18H19N3O3S. The van der Waals surface area contributed by atoms with Gasteiger partial charge in [0.25, 0.3) is 0 Å². The highest BCUT2D eigenvalue weighted by Crippen LogP contribution is 2.34. The van der Waals surface area contributed by atoms with Crippen molar-refractivity contribution in [1.82, 2.24) is 9.97 Å². The first kappa shape index (κ1) is 17.2. The minimum atomic E-state index is -0.358. The predicted molar refractivity (Wildman–Crippen MR) is 99.0 cm³/mol. The molecule has 0 saturated carbocycles. The molecule has 2 aromatic heterocycles. The number of hydrogen-bond acceptors (Lipinski definition) is 7. The van der Waals surface area contributed by atoms with E-state index in [0.29, 0.717) is 17.3 Å². The zero-order valence-electron chi connectivity index (χ0n) is 14.3. The van der Waals surface area contributed by atoms with E-state index in [1.54, 1.807) is 0 Å². The number of hydrogen-bond donors (Lipinski definition) is 1. The number of carbonyl (C=O) groups excluding carboxylic acids is 1. The fraction of sp³-hybridized carbons (Fsp3) is 0.278. The Morgan fingerprint density at radius 2 is 2.00 bits per heavy atom. The van der Waals surface area contributed by atoms with Crippen molar-refractivity contribution in [3.8, 4) is 5.75 Å². The van der Waals surface area contributed by atoms with Gasteiger partial charge >= 0.3 is 5.97 Å². The van der Waals surface area contributed by atoms with Gasteiger partial charge in [-0.05, 0) is 43.2 Å². The second kappa shape index (κ2) is 7.48. The third kappa shape index (κ3) is 3.56. The van der Waals surface area contributed by atoms with Gasteiger partial charge in [0.05, 0.1) is 19.1 Å². The lowest BCUT2D eigenvalue weighted by molar-refractivity contribution is 0.0605. The van der Waals surface area contributed by atoms with Gasteiger partial charge in [0.2, 0.25) is 0 Å². The zero-order chi connectivity index (χ0) is 17.8. The van der Waals surface area contributed by atoms with Crippen molar-refractivity contribution in [3.05, 3.63) is 41.0 Å². The van der Waals surface area contributed by atoms with E-state index in [1.165, 1.54) is 24.8 Å². The number of methoxy groups -OCH3 is 1. The van der Waals surface area contributed by atoms with Crippen LogP contribution in [-0.4, -0.2) is 29.7 Å². The molecule has 0 atom stereocenters. The van der Waals surface area contributed by atoms with Crippen molar-refractivity contribution in [3.63, 3.8) is 0 Å². The Hall–Kier alpha value is -2.67. The average Bonchev–Trinajstić information content (AvgIpc) is 2.98. The number of fused-ring (bicyclic) bond motifs is 1. The number of ether oxygens (including phenoxy) is 2. The van der Waals surface area contributed by atoms with Crippen molar-refractivity contribution in [2.24, 2.45) is 0 Å². The van der Waals surface area contributed by atoms with Gasteiger partial charge in [-0.25, -0.2) is 14.8 Å². The minimum Gasteiger partial charge on any atom is -0.494 e. The molecule has 0 saturated heterocycles. The summed E-state index contributed by atoms with van der Waals surface area (Å²) in [6.07, 6.45) is 2.46. The average molecular weight is 357 g/mol. The van der Waals surface area contributed by atoms with Gasteiger partial charge in [0, 0.05) is 5.69 Å². The van der Waals surface area contributed by atoms with Crippen molar-refractivity contribution in [2.45, 2.75) is 20.3 Å². The Morgan fingerprint density at radius 3 is 2.68 bits per heavy atom. The van der Waals surface area contributed by atoms with Crippen molar-refractivity contribution < 1.29 is 14.3 Å². The number of carbonyl (C=O) groups is 1.